The Kier molecular flexibility index (Phi) is 5.34. The van der Waals surface area contributed by atoms with Gasteiger partial charge in [0.25, 0.3) is 5.91 Å². The van der Waals surface area contributed by atoms with Gasteiger partial charge in [0.2, 0.25) is 5.91 Å². The Morgan fingerprint density at radius 2 is 2.08 bits per heavy atom. The zero-order valence-electron chi connectivity index (χ0n) is 14.5. The van der Waals surface area contributed by atoms with Crippen molar-refractivity contribution in [3.8, 4) is 0 Å². The first-order valence-corrected chi connectivity index (χ1v) is 8.99. The zero-order valence-corrected chi connectivity index (χ0v) is 15.3. The van der Waals surface area contributed by atoms with Gasteiger partial charge in [0, 0.05) is 11.2 Å². The van der Waals surface area contributed by atoms with Crippen LogP contribution in [0.4, 0.5) is 11.4 Å². The molecule has 0 saturated heterocycles. The lowest BCUT2D eigenvalue weighted by molar-refractivity contribution is -0.122. The summed E-state index contributed by atoms with van der Waals surface area (Å²) in [5.74, 6) is -0.528. The Morgan fingerprint density at radius 1 is 1.27 bits per heavy atom. The van der Waals surface area contributed by atoms with E-state index >= 15 is 0 Å². The van der Waals surface area contributed by atoms with Gasteiger partial charge in [-0.05, 0) is 50.1 Å². The highest BCUT2D eigenvalue weighted by Gasteiger charge is 2.37. The molecule has 2 unspecified atom stereocenters. The zero-order chi connectivity index (χ0) is 18.7. The topological polar surface area (TPSA) is 97.4 Å². The molecule has 6 nitrogen and oxygen atoms in total. The molecule has 0 bridgehead atoms. The lowest BCUT2D eigenvalue weighted by Gasteiger charge is -2.37. The maximum Gasteiger partial charge on any atom is 0.291 e. The molecular weight excluding hydrogens is 354 g/mol. The number of carbonyl (C=O) groups is 2. The van der Waals surface area contributed by atoms with Gasteiger partial charge in [0.05, 0.1) is 22.9 Å². The van der Waals surface area contributed by atoms with E-state index in [2.05, 4.69) is 10.6 Å². The minimum Gasteiger partial charge on any atom is -0.459 e. The molecule has 1 saturated carbocycles. The van der Waals surface area contributed by atoms with Crippen LogP contribution in [0.5, 0.6) is 0 Å². The van der Waals surface area contributed by atoms with Gasteiger partial charge >= 0.3 is 0 Å². The number of furan rings is 1. The summed E-state index contributed by atoms with van der Waals surface area (Å²) in [5, 5.41) is 5.88. The van der Waals surface area contributed by atoms with E-state index in [0.717, 1.165) is 25.7 Å². The van der Waals surface area contributed by atoms with Crippen LogP contribution in [0.25, 0.3) is 0 Å². The quantitative estimate of drug-likeness (QED) is 0.751. The normalized spacial score (nSPS) is 22.7. The first-order chi connectivity index (χ1) is 12.4. The number of hydrogen-bond acceptors (Lipinski definition) is 4. The van der Waals surface area contributed by atoms with E-state index in [9.17, 15) is 9.59 Å². The number of rotatable bonds is 4. The second-order valence-corrected chi connectivity index (χ2v) is 7.33. The molecule has 7 heteroatoms. The lowest BCUT2D eigenvalue weighted by atomic mass is 9.74. The van der Waals surface area contributed by atoms with Crippen LogP contribution < -0.4 is 16.4 Å². The van der Waals surface area contributed by atoms with Gasteiger partial charge in [-0.1, -0.05) is 24.4 Å². The second kappa shape index (κ2) is 7.51. The number of hydrogen-bond donors (Lipinski definition) is 3. The largest absolute Gasteiger partial charge is 0.459 e. The van der Waals surface area contributed by atoms with Gasteiger partial charge in [-0.2, -0.15) is 0 Å². The Hall–Kier alpha value is -2.31. The Balaban J connectivity index is 1.67. The fraction of sp³-hybridized carbons (Fsp3) is 0.368. The van der Waals surface area contributed by atoms with Crippen LogP contribution in [-0.2, 0) is 4.79 Å². The van der Waals surface area contributed by atoms with E-state index in [-0.39, 0.29) is 17.6 Å². The second-order valence-electron chi connectivity index (χ2n) is 6.92. The number of nitrogens with two attached hydrogens (primary N) is 1. The first-order valence-electron chi connectivity index (χ1n) is 8.61. The molecule has 4 N–H and O–H groups in total. The smallest absolute Gasteiger partial charge is 0.291 e. The van der Waals surface area contributed by atoms with Crippen LogP contribution in [0.2, 0.25) is 5.02 Å². The van der Waals surface area contributed by atoms with Crippen molar-refractivity contribution in [1.82, 2.24) is 0 Å². The third-order valence-electron chi connectivity index (χ3n) is 4.80. The summed E-state index contributed by atoms with van der Waals surface area (Å²) in [6.07, 6.45) is 5.09. The van der Waals surface area contributed by atoms with Crippen LogP contribution in [0.15, 0.2) is 41.0 Å². The van der Waals surface area contributed by atoms with Gasteiger partial charge < -0.3 is 20.8 Å². The van der Waals surface area contributed by atoms with Crippen molar-refractivity contribution in [2.75, 3.05) is 10.6 Å². The summed E-state index contributed by atoms with van der Waals surface area (Å²) in [4.78, 5) is 24.6. The highest BCUT2D eigenvalue weighted by Crippen LogP contribution is 2.33. The van der Waals surface area contributed by atoms with E-state index in [1.54, 1.807) is 30.3 Å². The van der Waals surface area contributed by atoms with E-state index in [0.29, 0.717) is 16.4 Å². The average Bonchev–Trinajstić information content (AvgIpc) is 3.11. The van der Waals surface area contributed by atoms with Crippen LogP contribution >= 0.6 is 11.6 Å². The van der Waals surface area contributed by atoms with Crippen LogP contribution in [0.3, 0.4) is 0 Å². The molecule has 0 spiro atoms. The number of benzene rings is 1. The third kappa shape index (κ3) is 4.08. The Labute approximate surface area is 157 Å². The molecule has 1 aliphatic carbocycles. The average molecular weight is 376 g/mol. The van der Waals surface area contributed by atoms with Gasteiger partial charge in [0.1, 0.15) is 0 Å². The monoisotopic (exact) mass is 375 g/mol. The summed E-state index contributed by atoms with van der Waals surface area (Å²) < 4.78 is 5.05. The molecule has 26 heavy (non-hydrogen) atoms. The molecule has 1 aliphatic rings. The summed E-state index contributed by atoms with van der Waals surface area (Å²) in [6.45, 7) is 1.93. The molecule has 1 aromatic heterocycles. The van der Waals surface area contributed by atoms with Crippen molar-refractivity contribution in [3.63, 3.8) is 0 Å². The highest BCUT2D eigenvalue weighted by molar-refractivity contribution is 6.34. The Morgan fingerprint density at radius 3 is 2.73 bits per heavy atom. The number of carbonyl (C=O) groups excluding carboxylic acids is 2. The summed E-state index contributed by atoms with van der Waals surface area (Å²) in [7, 11) is 0. The van der Waals surface area contributed by atoms with Crippen molar-refractivity contribution in [1.29, 1.82) is 0 Å². The van der Waals surface area contributed by atoms with E-state index < -0.39 is 11.4 Å². The van der Waals surface area contributed by atoms with E-state index in [1.807, 2.05) is 6.92 Å². The first kappa shape index (κ1) is 18.5. The molecule has 0 aliphatic heterocycles. The van der Waals surface area contributed by atoms with E-state index in [4.69, 9.17) is 21.8 Å². The van der Waals surface area contributed by atoms with Crippen molar-refractivity contribution in [2.45, 2.75) is 38.1 Å². The number of amides is 2. The molecule has 3 rings (SSSR count). The van der Waals surface area contributed by atoms with Crippen molar-refractivity contribution >= 4 is 34.8 Å². The maximum atomic E-state index is 12.6. The summed E-state index contributed by atoms with van der Waals surface area (Å²) in [6, 6.07) is 8.13. The molecule has 138 valence electrons. The summed E-state index contributed by atoms with van der Waals surface area (Å²) >= 11 is 6.24. The number of anilines is 2. The van der Waals surface area contributed by atoms with Crippen LogP contribution in [0, 0.1) is 5.92 Å². The van der Waals surface area contributed by atoms with E-state index in [1.165, 1.54) is 6.26 Å². The number of halogens is 1. The van der Waals surface area contributed by atoms with Crippen molar-refractivity contribution < 1.29 is 14.0 Å². The SMILES string of the molecule is CC1(N)CCCCC1C(=O)Nc1ccc(NC(=O)c2ccco2)c(Cl)c1. The molecule has 0 radical (unpaired) electrons. The minimum absolute atomic E-state index is 0.0989. The molecule has 1 fully saturated rings. The predicted octanol–water partition coefficient (Wildman–Crippen LogP) is 4.03. The lowest BCUT2D eigenvalue weighted by Crippen LogP contribution is -2.51. The molecule has 2 aromatic rings. The van der Waals surface area contributed by atoms with Crippen LogP contribution in [0.1, 0.15) is 43.2 Å². The minimum atomic E-state index is -0.497. The van der Waals surface area contributed by atoms with Gasteiger partial charge in [-0.15, -0.1) is 0 Å². The Bertz CT molecular complexity index is 802. The van der Waals surface area contributed by atoms with Crippen molar-refractivity contribution in [3.05, 3.63) is 47.4 Å². The van der Waals surface area contributed by atoms with Crippen molar-refractivity contribution in [2.24, 2.45) is 11.7 Å². The molecular formula is C19H22ClN3O3. The van der Waals surface area contributed by atoms with Gasteiger partial charge in [0.15, 0.2) is 5.76 Å². The molecule has 1 aromatic carbocycles. The van der Waals surface area contributed by atoms with Crippen LogP contribution in [-0.4, -0.2) is 17.4 Å². The fourth-order valence-corrected chi connectivity index (χ4v) is 3.53. The van der Waals surface area contributed by atoms with Gasteiger partial charge in [-0.3, -0.25) is 9.59 Å². The summed E-state index contributed by atoms with van der Waals surface area (Å²) in [5.41, 5.74) is 6.80. The molecule has 2 amide bonds. The fourth-order valence-electron chi connectivity index (χ4n) is 3.30. The maximum absolute atomic E-state index is 12.6. The van der Waals surface area contributed by atoms with Gasteiger partial charge in [-0.25, -0.2) is 0 Å². The highest BCUT2D eigenvalue weighted by atomic mass is 35.5. The molecule has 2 atom stereocenters. The predicted molar refractivity (Wildman–Crippen MR) is 101 cm³/mol. The third-order valence-corrected chi connectivity index (χ3v) is 5.11. The number of nitrogens with one attached hydrogen (secondary N) is 2. The standard InChI is InChI=1S/C19H22ClN3O3/c1-19(21)9-3-2-5-13(19)17(24)22-12-7-8-15(14(20)11-12)23-18(25)16-6-4-10-26-16/h4,6-8,10-11,13H,2-3,5,9,21H2,1H3,(H,22,24)(H,23,25). The molecule has 1 heterocycles.